The smallest absolute Gasteiger partial charge is 0.308 e. The van der Waals surface area contributed by atoms with Crippen molar-refractivity contribution in [2.45, 2.75) is 70.4 Å². The number of methoxy groups -OCH3 is 1. The van der Waals surface area contributed by atoms with Crippen LogP contribution >= 0.6 is 0 Å². The zero-order chi connectivity index (χ0) is 32.4. The molecule has 0 saturated carbocycles. The van der Waals surface area contributed by atoms with E-state index in [-0.39, 0.29) is 49.5 Å². The van der Waals surface area contributed by atoms with Crippen LogP contribution in [0.1, 0.15) is 58.0 Å². The molecule has 5 atom stereocenters. The van der Waals surface area contributed by atoms with Gasteiger partial charge in [-0.3, -0.25) is 19.4 Å². The van der Waals surface area contributed by atoms with E-state index in [9.17, 15) is 19.8 Å². The van der Waals surface area contributed by atoms with Crippen molar-refractivity contribution in [2.24, 2.45) is 0 Å². The second-order valence-electron chi connectivity index (χ2n) is 12.6. The Morgan fingerprint density at radius 2 is 1.78 bits per heavy atom. The number of ether oxygens (including phenoxy) is 4. The van der Waals surface area contributed by atoms with Crippen LogP contribution in [-0.4, -0.2) is 77.7 Å². The van der Waals surface area contributed by atoms with E-state index in [0.717, 1.165) is 33.4 Å². The van der Waals surface area contributed by atoms with E-state index in [4.69, 9.17) is 18.9 Å². The molecule has 0 aliphatic carbocycles. The van der Waals surface area contributed by atoms with E-state index in [2.05, 4.69) is 10.2 Å². The first-order valence-corrected chi connectivity index (χ1v) is 15.6. The predicted molar refractivity (Wildman–Crippen MR) is 167 cm³/mol. The number of fused-ring (bicyclic) bond motifs is 9. The van der Waals surface area contributed by atoms with Gasteiger partial charge in [0.05, 0.1) is 31.7 Å². The third kappa shape index (κ3) is 4.68. The van der Waals surface area contributed by atoms with Crippen molar-refractivity contribution in [3.05, 3.63) is 75.3 Å². The number of nitrogens with one attached hydrogen (secondary N) is 1. The molecule has 11 nitrogen and oxygen atoms in total. The first-order valence-electron chi connectivity index (χ1n) is 15.6. The fourth-order valence-corrected chi connectivity index (χ4v) is 8.17. The third-order valence-electron chi connectivity index (χ3n) is 10.0. The average Bonchev–Trinajstić information content (AvgIpc) is 3.51. The molecule has 1 fully saturated rings. The molecule has 3 aromatic carbocycles. The molecule has 3 aromatic rings. The van der Waals surface area contributed by atoms with Crippen molar-refractivity contribution in [2.75, 3.05) is 27.5 Å². The zero-order valence-corrected chi connectivity index (χ0v) is 26.6. The molecule has 2 unspecified atom stereocenters. The van der Waals surface area contributed by atoms with Gasteiger partial charge in [-0.1, -0.05) is 36.4 Å². The standard InChI is InChI=1S/C35H39N3O8/c1-17-11-21-13-24-35(42)38-23(29(37(24)4)27(21)30(41)31(17)43-5)14-22-28(25(38)15-36-26(40)12-20-9-7-6-8-10-20)34-33(44-16-45-34)18(2)32(22)46-19(3)39/h6-11,23-25,29,35,41-42H,12-16H2,1-5H3,(H,36,40)/t23?,24-,25+,29-,35?/m1/s1. The molecule has 1 saturated heterocycles. The SMILES string of the molecule is COc1c(C)cc2c(c1O)[C@H]1C3Cc4c(OC(C)=O)c(C)c5c(c4[C@H](CNC(=O)Cc4ccccc4)N3C(O)[C@@H](C2)N1C)OCO5. The van der Waals surface area contributed by atoms with Gasteiger partial charge in [0.25, 0.3) is 0 Å². The van der Waals surface area contributed by atoms with Gasteiger partial charge in [0.2, 0.25) is 12.7 Å². The zero-order valence-electron chi connectivity index (χ0n) is 26.6. The van der Waals surface area contributed by atoms with Gasteiger partial charge in [-0.05, 0) is 50.4 Å². The summed E-state index contributed by atoms with van der Waals surface area (Å²) in [4.78, 5) is 29.9. The Kier molecular flexibility index (Phi) is 7.57. The van der Waals surface area contributed by atoms with E-state index in [1.807, 2.05) is 62.2 Å². The van der Waals surface area contributed by atoms with Crippen LogP contribution in [0.4, 0.5) is 0 Å². The molecule has 0 spiro atoms. The number of aryl methyl sites for hydroxylation is 1. The predicted octanol–water partition coefficient (Wildman–Crippen LogP) is 3.23. The van der Waals surface area contributed by atoms with Crippen molar-refractivity contribution in [3.63, 3.8) is 0 Å². The lowest BCUT2D eigenvalue weighted by Crippen LogP contribution is -2.69. The van der Waals surface area contributed by atoms with Crippen molar-refractivity contribution < 1.29 is 38.7 Å². The lowest BCUT2D eigenvalue weighted by atomic mass is 9.73. The van der Waals surface area contributed by atoms with Crippen LogP contribution in [0.15, 0.2) is 36.4 Å². The van der Waals surface area contributed by atoms with Crippen LogP contribution in [0.5, 0.6) is 28.7 Å². The summed E-state index contributed by atoms with van der Waals surface area (Å²) < 4.78 is 23.5. The number of benzene rings is 3. The van der Waals surface area contributed by atoms with E-state index in [1.165, 1.54) is 6.92 Å². The number of carbonyl (C=O) groups excluding carboxylic acids is 2. The number of phenols is 1. The number of piperazine rings is 1. The molecule has 46 heavy (non-hydrogen) atoms. The van der Waals surface area contributed by atoms with Crippen molar-refractivity contribution in [3.8, 4) is 28.7 Å². The highest BCUT2D eigenvalue weighted by Crippen LogP contribution is 2.58. The van der Waals surface area contributed by atoms with Crippen LogP contribution in [0, 0.1) is 13.8 Å². The maximum atomic E-state index is 13.3. The molecule has 1 amide bonds. The third-order valence-corrected chi connectivity index (χ3v) is 10.0. The van der Waals surface area contributed by atoms with E-state index < -0.39 is 18.2 Å². The number of hydrogen-bond donors (Lipinski definition) is 3. The summed E-state index contributed by atoms with van der Waals surface area (Å²) in [7, 11) is 3.51. The summed E-state index contributed by atoms with van der Waals surface area (Å²) in [5, 5.41) is 26.9. The maximum absolute atomic E-state index is 13.3. The second-order valence-corrected chi connectivity index (χ2v) is 12.6. The second kappa shape index (κ2) is 11.5. The number of rotatable bonds is 6. The summed E-state index contributed by atoms with van der Waals surface area (Å²) in [5.74, 6) is 1.29. The molecule has 11 heteroatoms. The molecule has 4 aliphatic rings. The number of likely N-dealkylation sites (N-methyl/N-ethyl adjacent to an activating group) is 1. The molecule has 7 rings (SSSR count). The van der Waals surface area contributed by atoms with Gasteiger partial charge in [-0.25, -0.2) is 0 Å². The number of amides is 1. The molecule has 242 valence electrons. The van der Waals surface area contributed by atoms with E-state index >= 15 is 0 Å². The summed E-state index contributed by atoms with van der Waals surface area (Å²) in [6, 6.07) is 9.95. The lowest BCUT2D eigenvalue weighted by molar-refractivity contribution is -0.172. The van der Waals surface area contributed by atoms with E-state index in [1.54, 1.807) is 7.11 Å². The van der Waals surface area contributed by atoms with Crippen LogP contribution in [0.2, 0.25) is 0 Å². The van der Waals surface area contributed by atoms with Gasteiger partial charge in [0.15, 0.2) is 23.0 Å². The number of aliphatic hydroxyl groups is 1. The Labute approximate surface area is 267 Å². The molecule has 2 bridgehead atoms. The number of hydrogen-bond acceptors (Lipinski definition) is 10. The first-order chi connectivity index (χ1) is 22.1. The number of carbonyl (C=O) groups is 2. The maximum Gasteiger partial charge on any atom is 0.308 e. The summed E-state index contributed by atoms with van der Waals surface area (Å²) >= 11 is 0. The molecular weight excluding hydrogens is 590 g/mol. The fraction of sp³-hybridized carbons (Fsp3) is 0.429. The normalized spacial score (nSPS) is 24.4. The van der Waals surface area contributed by atoms with Crippen molar-refractivity contribution >= 4 is 11.9 Å². The van der Waals surface area contributed by atoms with Gasteiger partial charge in [0, 0.05) is 41.8 Å². The highest BCUT2D eigenvalue weighted by atomic mass is 16.7. The van der Waals surface area contributed by atoms with Gasteiger partial charge in [-0.2, -0.15) is 0 Å². The highest BCUT2D eigenvalue weighted by Gasteiger charge is 2.56. The topological polar surface area (TPSA) is 130 Å². The van der Waals surface area contributed by atoms with Crippen LogP contribution in [0.3, 0.4) is 0 Å². The number of aromatic hydroxyl groups is 1. The molecule has 0 radical (unpaired) electrons. The summed E-state index contributed by atoms with van der Waals surface area (Å²) in [6.45, 7) is 5.25. The summed E-state index contributed by atoms with van der Waals surface area (Å²) in [6.07, 6.45) is 0.155. The van der Waals surface area contributed by atoms with Gasteiger partial charge in [-0.15, -0.1) is 0 Å². The largest absolute Gasteiger partial charge is 0.504 e. The average molecular weight is 630 g/mol. The first kappa shape index (κ1) is 30.3. The fourth-order valence-electron chi connectivity index (χ4n) is 8.17. The number of aliphatic hydroxyl groups excluding tert-OH is 1. The molecular formula is C35H39N3O8. The van der Waals surface area contributed by atoms with Crippen LogP contribution < -0.4 is 24.3 Å². The highest BCUT2D eigenvalue weighted by molar-refractivity contribution is 5.79. The van der Waals surface area contributed by atoms with Gasteiger partial charge in [0.1, 0.15) is 12.0 Å². The number of nitrogens with zero attached hydrogens (tertiary/aromatic N) is 2. The Bertz CT molecular complexity index is 1730. The Hall–Kier alpha value is -4.32. The van der Waals surface area contributed by atoms with Crippen LogP contribution in [0.25, 0.3) is 0 Å². The minimum atomic E-state index is -0.926. The van der Waals surface area contributed by atoms with Gasteiger partial charge >= 0.3 is 5.97 Å². The molecule has 3 N–H and O–H groups in total. The summed E-state index contributed by atoms with van der Waals surface area (Å²) in [5.41, 5.74) is 5.55. The number of phenolic OH excluding ortho intramolecular Hbond substituents is 1. The molecule has 4 aliphatic heterocycles. The minimum absolute atomic E-state index is 0.000409. The quantitative estimate of drug-likeness (QED) is 0.276. The Balaban J connectivity index is 1.38. The Morgan fingerprint density at radius 1 is 1.04 bits per heavy atom. The lowest BCUT2D eigenvalue weighted by Gasteiger charge is -2.60. The molecule has 0 aromatic heterocycles. The van der Waals surface area contributed by atoms with Crippen molar-refractivity contribution in [1.29, 1.82) is 0 Å². The monoisotopic (exact) mass is 629 g/mol. The van der Waals surface area contributed by atoms with E-state index in [0.29, 0.717) is 41.4 Å². The minimum Gasteiger partial charge on any atom is -0.504 e. The van der Waals surface area contributed by atoms with Crippen molar-refractivity contribution in [1.82, 2.24) is 15.1 Å². The Morgan fingerprint density at radius 3 is 2.50 bits per heavy atom. The number of esters is 1. The molecule has 4 heterocycles. The van der Waals surface area contributed by atoms with Gasteiger partial charge < -0.3 is 34.5 Å². The van der Waals surface area contributed by atoms with Crippen LogP contribution in [-0.2, 0) is 28.9 Å².